The molecule has 1 aromatic heterocycles. The quantitative estimate of drug-likeness (QED) is 0.644. The molecule has 0 atom stereocenters. The minimum absolute atomic E-state index is 0.231. The Morgan fingerprint density at radius 3 is 2.58 bits per heavy atom. The monoisotopic (exact) mass is 379 g/mol. The number of halogens is 1. The number of hydrogen-bond acceptors (Lipinski definition) is 4. The van der Waals surface area contributed by atoms with Crippen LogP contribution < -0.4 is 20.3 Å². The number of hydrazine groups is 1. The van der Waals surface area contributed by atoms with E-state index in [1.54, 1.807) is 18.3 Å². The molecule has 26 heavy (non-hydrogen) atoms. The van der Waals surface area contributed by atoms with Gasteiger partial charge in [-0.15, -0.1) is 0 Å². The average Bonchev–Trinajstić information content (AvgIpc) is 3.14. The summed E-state index contributed by atoms with van der Waals surface area (Å²) < 4.78 is 11.0. The molecule has 7 nitrogen and oxygen atoms in total. The third-order valence-electron chi connectivity index (χ3n) is 3.57. The zero-order valence-corrected chi connectivity index (χ0v) is 15.6. The second kappa shape index (κ2) is 9.15. The van der Waals surface area contributed by atoms with Gasteiger partial charge in [-0.05, 0) is 36.6 Å². The molecule has 0 aliphatic heterocycles. The van der Waals surface area contributed by atoms with Crippen LogP contribution in [-0.4, -0.2) is 30.5 Å². The van der Waals surface area contributed by atoms with Gasteiger partial charge in [0.05, 0.1) is 18.7 Å². The Kier molecular flexibility index (Phi) is 6.91. The van der Waals surface area contributed by atoms with E-state index < -0.39 is 11.8 Å². The summed E-state index contributed by atoms with van der Waals surface area (Å²) in [5.74, 6) is 0.242. The van der Waals surface area contributed by atoms with E-state index in [9.17, 15) is 9.59 Å². The van der Waals surface area contributed by atoms with Gasteiger partial charge < -0.3 is 14.5 Å². The molecule has 0 aliphatic rings. The molecule has 2 aromatic rings. The number of nitrogens with one attached hydrogen (secondary N) is 3. The Morgan fingerprint density at radius 2 is 1.96 bits per heavy atom. The molecule has 0 saturated carbocycles. The van der Waals surface area contributed by atoms with E-state index in [1.807, 2.05) is 0 Å². The van der Waals surface area contributed by atoms with Gasteiger partial charge in [-0.25, -0.2) is 0 Å². The smallest absolute Gasteiger partial charge is 0.286 e. The van der Waals surface area contributed by atoms with Crippen molar-refractivity contribution in [3.63, 3.8) is 0 Å². The molecule has 0 saturated heterocycles. The zero-order chi connectivity index (χ0) is 19.1. The van der Waals surface area contributed by atoms with E-state index >= 15 is 0 Å². The molecule has 0 aliphatic carbocycles. The number of carbonyl (C=O) groups excluding carboxylic acids is 2. The lowest BCUT2D eigenvalue weighted by atomic mass is 10.1. The number of aromatic amines is 1. The van der Waals surface area contributed by atoms with E-state index in [1.165, 1.54) is 19.2 Å². The number of aromatic nitrogens is 1. The van der Waals surface area contributed by atoms with Crippen molar-refractivity contribution in [1.82, 2.24) is 15.8 Å². The normalized spacial score (nSPS) is 10.5. The number of H-pyrrole nitrogens is 1. The average molecular weight is 380 g/mol. The van der Waals surface area contributed by atoms with Gasteiger partial charge in [-0.3, -0.25) is 20.4 Å². The molecule has 1 heterocycles. The standard InChI is InChI=1S/C18H22ClN3O4/c1-11(2)6-8-26-16-13(19)9-12(10-15(16)25-3)17(23)21-22-18(24)14-5-4-7-20-14/h4-5,7,9-11,20H,6,8H2,1-3H3,(H,21,23)(H,22,24). The predicted octanol–water partition coefficient (Wildman–Crippen LogP) is 3.18. The van der Waals surface area contributed by atoms with Crippen LogP contribution in [0.4, 0.5) is 0 Å². The van der Waals surface area contributed by atoms with Crippen LogP contribution in [-0.2, 0) is 0 Å². The van der Waals surface area contributed by atoms with Crippen LogP contribution in [0.25, 0.3) is 0 Å². The second-order valence-electron chi connectivity index (χ2n) is 6.01. The molecule has 0 unspecified atom stereocenters. The fraction of sp³-hybridized carbons (Fsp3) is 0.333. The van der Waals surface area contributed by atoms with E-state index in [-0.39, 0.29) is 10.6 Å². The third kappa shape index (κ3) is 5.16. The molecule has 0 fully saturated rings. The van der Waals surface area contributed by atoms with E-state index in [0.717, 1.165) is 6.42 Å². The predicted molar refractivity (Wildman–Crippen MR) is 98.7 cm³/mol. The molecule has 0 radical (unpaired) electrons. The van der Waals surface area contributed by atoms with Crippen LogP contribution in [0.1, 0.15) is 41.1 Å². The van der Waals surface area contributed by atoms with Gasteiger partial charge in [-0.2, -0.15) is 0 Å². The summed E-state index contributed by atoms with van der Waals surface area (Å²) >= 11 is 6.24. The molecule has 8 heteroatoms. The summed E-state index contributed by atoms with van der Waals surface area (Å²) in [4.78, 5) is 26.8. The van der Waals surface area contributed by atoms with Gasteiger partial charge in [0.1, 0.15) is 5.69 Å². The van der Waals surface area contributed by atoms with E-state index in [4.69, 9.17) is 21.1 Å². The van der Waals surface area contributed by atoms with Gasteiger partial charge in [0.25, 0.3) is 11.8 Å². The maximum Gasteiger partial charge on any atom is 0.286 e. The number of amides is 2. The number of ether oxygens (including phenoxy) is 2. The van der Waals surface area contributed by atoms with Gasteiger partial charge >= 0.3 is 0 Å². The van der Waals surface area contributed by atoms with Crippen molar-refractivity contribution < 1.29 is 19.1 Å². The Bertz CT molecular complexity index is 760. The van der Waals surface area contributed by atoms with Crippen LogP contribution in [0, 0.1) is 5.92 Å². The van der Waals surface area contributed by atoms with Crippen LogP contribution in [0.2, 0.25) is 5.02 Å². The minimum atomic E-state index is -0.529. The summed E-state index contributed by atoms with van der Waals surface area (Å²) in [5.41, 5.74) is 5.21. The fourth-order valence-corrected chi connectivity index (χ4v) is 2.38. The summed E-state index contributed by atoms with van der Waals surface area (Å²) in [6.07, 6.45) is 2.48. The Hall–Kier alpha value is -2.67. The molecule has 0 spiro atoms. The lowest BCUT2D eigenvalue weighted by Crippen LogP contribution is -2.41. The SMILES string of the molecule is COc1cc(C(=O)NNC(=O)c2ccc[nH]2)cc(Cl)c1OCCC(C)C. The number of hydrogen-bond donors (Lipinski definition) is 3. The summed E-state index contributed by atoms with van der Waals surface area (Å²) in [6, 6.07) is 6.24. The van der Waals surface area contributed by atoms with Crippen molar-refractivity contribution in [2.24, 2.45) is 5.92 Å². The first-order valence-corrected chi connectivity index (χ1v) is 8.54. The zero-order valence-electron chi connectivity index (χ0n) is 14.9. The van der Waals surface area contributed by atoms with Crippen molar-refractivity contribution in [2.45, 2.75) is 20.3 Å². The third-order valence-corrected chi connectivity index (χ3v) is 3.85. The van der Waals surface area contributed by atoms with Crippen molar-refractivity contribution in [1.29, 1.82) is 0 Å². The minimum Gasteiger partial charge on any atom is -0.493 e. The molecule has 0 bridgehead atoms. The number of rotatable bonds is 7. The maximum atomic E-state index is 12.3. The summed E-state index contributed by atoms with van der Waals surface area (Å²) in [5, 5.41) is 0.258. The summed E-state index contributed by atoms with van der Waals surface area (Å²) in [6.45, 7) is 4.68. The highest BCUT2D eigenvalue weighted by atomic mass is 35.5. The highest BCUT2D eigenvalue weighted by Gasteiger charge is 2.17. The van der Waals surface area contributed by atoms with Crippen LogP contribution in [0.5, 0.6) is 11.5 Å². The van der Waals surface area contributed by atoms with Crippen molar-refractivity contribution >= 4 is 23.4 Å². The lowest BCUT2D eigenvalue weighted by Gasteiger charge is -2.15. The Labute approximate surface area is 157 Å². The van der Waals surface area contributed by atoms with Crippen molar-refractivity contribution in [2.75, 3.05) is 13.7 Å². The van der Waals surface area contributed by atoms with Crippen LogP contribution in [0.15, 0.2) is 30.5 Å². The van der Waals surface area contributed by atoms with Gasteiger partial charge in [-0.1, -0.05) is 25.4 Å². The molecule has 2 amide bonds. The number of benzene rings is 1. The maximum absolute atomic E-state index is 12.3. The molecule has 140 valence electrons. The Morgan fingerprint density at radius 1 is 1.23 bits per heavy atom. The second-order valence-corrected chi connectivity index (χ2v) is 6.42. The van der Waals surface area contributed by atoms with Crippen molar-refractivity contribution in [3.05, 3.63) is 46.7 Å². The first-order chi connectivity index (χ1) is 12.4. The molecule has 2 rings (SSSR count). The van der Waals surface area contributed by atoms with Crippen LogP contribution >= 0.6 is 11.6 Å². The first-order valence-electron chi connectivity index (χ1n) is 8.16. The van der Waals surface area contributed by atoms with Gasteiger partial charge in [0.2, 0.25) is 0 Å². The lowest BCUT2D eigenvalue weighted by molar-refractivity contribution is 0.0844. The van der Waals surface area contributed by atoms with E-state index in [0.29, 0.717) is 29.7 Å². The highest BCUT2D eigenvalue weighted by Crippen LogP contribution is 2.36. The topological polar surface area (TPSA) is 92.5 Å². The van der Waals surface area contributed by atoms with Crippen LogP contribution in [0.3, 0.4) is 0 Å². The molecular formula is C18H22ClN3O4. The molecule has 3 N–H and O–H groups in total. The molecule has 1 aromatic carbocycles. The van der Waals surface area contributed by atoms with Gasteiger partial charge in [0, 0.05) is 11.8 Å². The fourth-order valence-electron chi connectivity index (χ4n) is 2.11. The Balaban J connectivity index is 2.05. The van der Waals surface area contributed by atoms with Gasteiger partial charge in [0.15, 0.2) is 11.5 Å². The van der Waals surface area contributed by atoms with E-state index in [2.05, 4.69) is 29.7 Å². The highest BCUT2D eigenvalue weighted by molar-refractivity contribution is 6.32. The first kappa shape index (κ1) is 19.7. The summed E-state index contributed by atoms with van der Waals surface area (Å²) in [7, 11) is 1.47. The number of carbonyl (C=O) groups is 2. The largest absolute Gasteiger partial charge is 0.493 e. The number of methoxy groups -OCH3 is 1. The van der Waals surface area contributed by atoms with Crippen molar-refractivity contribution in [3.8, 4) is 11.5 Å². The molecular weight excluding hydrogens is 358 g/mol.